The molecule has 4 heteroatoms. The first-order chi connectivity index (χ1) is 7.15. The van der Waals surface area contributed by atoms with E-state index in [0.29, 0.717) is 6.54 Å². The van der Waals surface area contributed by atoms with Gasteiger partial charge in [0.05, 0.1) is 12.6 Å². The topological polar surface area (TPSA) is 38.8 Å². The average molecular weight is 229 g/mol. The lowest BCUT2D eigenvalue weighted by Gasteiger charge is -2.33. The summed E-state index contributed by atoms with van der Waals surface area (Å²) in [7, 11) is 1.68. The number of ether oxygens (including phenoxy) is 2. The molecule has 0 spiro atoms. The summed E-state index contributed by atoms with van der Waals surface area (Å²) in [6, 6.07) is 0. The van der Waals surface area contributed by atoms with Gasteiger partial charge in [-0.15, -0.1) is 0 Å². The van der Waals surface area contributed by atoms with Crippen molar-refractivity contribution >= 4 is 6.09 Å². The Morgan fingerprint density at radius 1 is 1.38 bits per heavy atom. The molecule has 0 saturated carbocycles. The van der Waals surface area contributed by atoms with Gasteiger partial charge in [-0.05, 0) is 41.0 Å². The highest BCUT2D eigenvalue weighted by Gasteiger charge is 2.43. The van der Waals surface area contributed by atoms with E-state index >= 15 is 0 Å². The third kappa shape index (κ3) is 3.11. The van der Waals surface area contributed by atoms with Crippen LogP contribution in [0, 0.1) is 0 Å². The Hall–Kier alpha value is -0.770. The number of likely N-dealkylation sites (tertiary alicyclic amines) is 1. The Labute approximate surface area is 97.9 Å². The SMILES string of the molecule is COC1CN(C(=O)OC(C)(C)C)C(C)(C)C1. The van der Waals surface area contributed by atoms with E-state index in [9.17, 15) is 4.79 Å². The van der Waals surface area contributed by atoms with Gasteiger partial charge in [0.2, 0.25) is 0 Å². The molecule has 1 aliphatic heterocycles. The molecule has 1 aliphatic rings. The van der Waals surface area contributed by atoms with Crippen molar-refractivity contribution < 1.29 is 14.3 Å². The lowest BCUT2D eigenvalue weighted by atomic mass is 10.0. The van der Waals surface area contributed by atoms with Crippen LogP contribution in [0.5, 0.6) is 0 Å². The molecular weight excluding hydrogens is 206 g/mol. The second-order valence-electron chi connectivity index (χ2n) is 5.97. The maximum absolute atomic E-state index is 12.0. The van der Waals surface area contributed by atoms with Crippen LogP contribution in [0.15, 0.2) is 0 Å². The van der Waals surface area contributed by atoms with Crippen LogP contribution in [0.2, 0.25) is 0 Å². The lowest BCUT2D eigenvalue weighted by Crippen LogP contribution is -2.45. The summed E-state index contributed by atoms with van der Waals surface area (Å²) in [5, 5.41) is 0. The van der Waals surface area contributed by atoms with Crippen molar-refractivity contribution in [1.82, 2.24) is 4.90 Å². The van der Waals surface area contributed by atoms with Gasteiger partial charge in [0, 0.05) is 12.6 Å². The van der Waals surface area contributed by atoms with E-state index in [4.69, 9.17) is 9.47 Å². The number of carbonyl (C=O) groups is 1. The monoisotopic (exact) mass is 229 g/mol. The van der Waals surface area contributed by atoms with Crippen molar-refractivity contribution in [2.75, 3.05) is 13.7 Å². The minimum absolute atomic E-state index is 0.113. The number of methoxy groups -OCH3 is 1. The summed E-state index contributed by atoms with van der Waals surface area (Å²) in [6.07, 6.45) is 0.711. The van der Waals surface area contributed by atoms with Crippen LogP contribution in [0.3, 0.4) is 0 Å². The van der Waals surface area contributed by atoms with Crippen LogP contribution in [0.1, 0.15) is 41.0 Å². The fraction of sp³-hybridized carbons (Fsp3) is 0.917. The zero-order valence-electron chi connectivity index (χ0n) is 11.2. The molecular formula is C12H23NO3. The van der Waals surface area contributed by atoms with Crippen LogP contribution in [0.25, 0.3) is 0 Å². The van der Waals surface area contributed by atoms with E-state index in [1.807, 2.05) is 34.6 Å². The summed E-state index contributed by atoms with van der Waals surface area (Å²) < 4.78 is 10.7. The maximum atomic E-state index is 12.0. The molecule has 0 radical (unpaired) electrons. The Morgan fingerprint density at radius 2 is 1.94 bits per heavy atom. The lowest BCUT2D eigenvalue weighted by molar-refractivity contribution is 0.0117. The highest BCUT2D eigenvalue weighted by molar-refractivity contribution is 5.69. The zero-order chi connectivity index (χ0) is 12.6. The molecule has 0 aromatic heterocycles. The highest BCUT2D eigenvalue weighted by atomic mass is 16.6. The number of hydrogen-bond acceptors (Lipinski definition) is 3. The van der Waals surface area contributed by atoms with Crippen molar-refractivity contribution in [2.24, 2.45) is 0 Å². The smallest absolute Gasteiger partial charge is 0.410 e. The van der Waals surface area contributed by atoms with Gasteiger partial charge < -0.3 is 14.4 Å². The number of hydrogen-bond donors (Lipinski definition) is 0. The molecule has 1 rings (SSSR count). The molecule has 16 heavy (non-hydrogen) atoms. The fourth-order valence-electron chi connectivity index (χ4n) is 1.98. The van der Waals surface area contributed by atoms with Crippen molar-refractivity contribution in [1.29, 1.82) is 0 Å². The zero-order valence-corrected chi connectivity index (χ0v) is 11.2. The van der Waals surface area contributed by atoms with Crippen LogP contribution in [0.4, 0.5) is 4.79 Å². The van der Waals surface area contributed by atoms with Crippen LogP contribution < -0.4 is 0 Å². The molecule has 1 heterocycles. The molecule has 0 bridgehead atoms. The number of amides is 1. The van der Waals surface area contributed by atoms with E-state index in [2.05, 4.69) is 0 Å². The molecule has 1 saturated heterocycles. The predicted molar refractivity (Wildman–Crippen MR) is 62.4 cm³/mol. The molecule has 94 valence electrons. The van der Waals surface area contributed by atoms with E-state index in [1.54, 1.807) is 12.0 Å². The molecule has 1 unspecified atom stereocenters. The first-order valence-corrected chi connectivity index (χ1v) is 5.69. The quantitative estimate of drug-likeness (QED) is 0.693. The minimum atomic E-state index is -0.446. The summed E-state index contributed by atoms with van der Waals surface area (Å²) in [4.78, 5) is 13.7. The fourth-order valence-corrected chi connectivity index (χ4v) is 1.98. The Bertz CT molecular complexity index is 268. The van der Waals surface area contributed by atoms with Gasteiger partial charge in [0.1, 0.15) is 5.60 Å². The Morgan fingerprint density at radius 3 is 2.31 bits per heavy atom. The highest BCUT2D eigenvalue weighted by Crippen LogP contribution is 2.31. The summed E-state index contributed by atoms with van der Waals surface area (Å²) in [5.41, 5.74) is -0.638. The third-order valence-electron chi connectivity index (χ3n) is 2.79. The van der Waals surface area contributed by atoms with Gasteiger partial charge in [-0.3, -0.25) is 0 Å². The van der Waals surface area contributed by atoms with E-state index < -0.39 is 5.60 Å². The standard InChI is InChI=1S/C12H23NO3/c1-11(2,3)16-10(14)13-8-9(15-6)7-12(13,4)5/h9H,7-8H2,1-6H3. The Kier molecular flexibility index (Phi) is 3.53. The molecule has 0 aromatic carbocycles. The van der Waals surface area contributed by atoms with Crippen molar-refractivity contribution in [3.63, 3.8) is 0 Å². The van der Waals surface area contributed by atoms with Crippen molar-refractivity contribution in [3.05, 3.63) is 0 Å². The number of nitrogens with zero attached hydrogens (tertiary/aromatic N) is 1. The second-order valence-corrected chi connectivity index (χ2v) is 5.97. The Balaban J connectivity index is 2.69. The third-order valence-corrected chi connectivity index (χ3v) is 2.79. The molecule has 1 amide bonds. The molecule has 4 nitrogen and oxygen atoms in total. The van der Waals surface area contributed by atoms with E-state index in [-0.39, 0.29) is 17.7 Å². The normalized spacial score (nSPS) is 24.6. The van der Waals surface area contributed by atoms with Crippen LogP contribution in [-0.4, -0.2) is 41.9 Å². The van der Waals surface area contributed by atoms with Crippen molar-refractivity contribution in [2.45, 2.75) is 58.3 Å². The molecule has 0 aromatic rings. The molecule has 0 aliphatic carbocycles. The average Bonchev–Trinajstić information content (AvgIpc) is 2.37. The van der Waals surface area contributed by atoms with Gasteiger partial charge in [0.25, 0.3) is 0 Å². The van der Waals surface area contributed by atoms with Gasteiger partial charge in [-0.1, -0.05) is 0 Å². The molecule has 1 atom stereocenters. The minimum Gasteiger partial charge on any atom is -0.444 e. The number of rotatable bonds is 1. The van der Waals surface area contributed by atoms with E-state index in [0.717, 1.165) is 6.42 Å². The van der Waals surface area contributed by atoms with Gasteiger partial charge in [-0.2, -0.15) is 0 Å². The first-order valence-electron chi connectivity index (χ1n) is 5.69. The predicted octanol–water partition coefficient (Wildman–Crippen LogP) is 2.42. The van der Waals surface area contributed by atoms with Gasteiger partial charge in [0.15, 0.2) is 0 Å². The first kappa shape index (κ1) is 13.3. The van der Waals surface area contributed by atoms with Crippen LogP contribution in [-0.2, 0) is 9.47 Å². The van der Waals surface area contributed by atoms with E-state index in [1.165, 1.54) is 0 Å². The summed E-state index contributed by atoms with van der Waals surface area (Å²) >= 11 is 0. The summed E-state index contributed by atoms with van der Waals surface area (Å²) in [5.74, 6) is 0. The van der Waals surface area contributed by atoms with Crippen LogP contribution >= 0.6 is 0 Å². The van der Waals surface area contributed by atoms with Crippen molar-refractivity contribution in [3.8, 4) is 0 Å². The largest absolute Gasteiger partial charge is 0.444 e. The van der Waals surface area contributed by atoms with Gasteiger partial charge in [-0.25, -0.2) is 4.79 Å². The molecule has 1 fully saturated rings. The maximum Gasteiger partial charge on any atom is 0.410 e. The molecule has 0 N–H and O–H groups in total. The second kappa shape index (κ2) is 4.24. The number of carbonyl (C=O) groups excluding carboxylic acids is 1. The summed E-state index contributed by atoms with van der Waals surface area (Å²) in [6.45, 7) is 10.3. The van der Waals surface area contributed by atoms with Gasteiger partial charge >= 0.3 is 6.09 Å².